The second kappa shape index (κ2) is 6.55. The van der Waals surface area contributed by atoms with Crippen LogP contribution in [0.1, 0.15) is 11.3 Å². The Balaban J connectivity index is 1.48. The van der Waals surface area contributed by atoms with Gasteiger partial charge in [-0.3, -0.25) is 4.79 Å². The van der Waals surface area contributed by atoms with Crippen LogP contribution in [0.3, 0.4) is 0 Å². The third-order valence-electron chi connectivity index (χ3n) is 4.62. The molecule has 0 spiro atoms. The summed E-state index contributed by atoms with van der Waals surface area (Å²) in [6.45, 7) is 2.18. The molecule has 0 saturated carbocycles. The summed E-state index contributed by atoms with van der Waals surface area (Å²) in [5.41, 5.74) is 5.73. The van der Waals surface area contributed by atoms with Crippen molar-refractivity contribution in [3.63, 3.8) is 0 Å². The van der Waals surface area contributed by atoms with E-state index in [1.807, 2.05) is 50.4 Å². The Morgan fingerprint density at radius 3 is 2.77 bits per heavy atom. The number of aryl methyl sites for hydroxylation is 1. The normalized spacial score (nSPS) is 16.2. The Labute approximate surface area is 151 Å². The van der Waals surface area contributed by atoms with Crippen molar-refractivity contribution in [1.29, 1.82) is 0 Å². The minimum Gasteiger partial charge on any atom is -0.485 e. The van der Waals surface area contributed by atoms with Gasteiger partial charge in [-0.15, -0.1) is 0 Å². The SMILES string of the molecule is Cc1c(/C=N/NC(=O)[C@@H]2COc3ccccc3O2)c2ccccc2n1C. The quantitative estimate of drug-likeness (QED) is 0.584. The molecule has 1 aliphatic heterocycles. The minimum absolute atomic E-state index is 0.158. The first-order valence-corrected chi connectivity index (χ1v) is 8.40. The molecule has 0 bridgehead atoms. The predicted octanol–water partition coefficient (Wildman–Crippen LogP) is 2.78. The highest BCUT2D eigenvalue weighted by Crippen LogP contribution is 2.30. The third-order valence-corrected chi connectivity index (χ3v) is 4.62. The van der Waals surface area contributed by atoms with Gasteiger partial charge < -0.3 is 14.0 Å². The fourth-order valence-electron chi connectivity index (χ4n) is 3.09. The van der Waals surface area contributed by atoms with E-state index < -0.39 is 6.10 Å². The maximum Gasteiger partial charge on any atom is 0.284 e. The van der Waals surface area contributed by atoms with E-state index in [2.05, 4.69) is 21.2 Å². The van der Waals surface area contributed by atoms with Crippen molar-refractivity contribution in [2.75, 3.05) is 6.61 Å². The number of para-hydroxylation sites is 3. The van der Waals surface area contributed by atoms with E-state index in [4.69, 9.17) is 9.47 Å². The highest BCUT2D eigenvalue weighted by molar-refractivity contribution is 6.01. The number of carbonyl (C=O) groups excluding carboxylic acids is 1. The minimum atomic E-state index is -0.726. The number of fused-ring (bicyclic) bond motifs is 2. The Kier molecular flexibility index (Phi) is 4.08. The van der Waals surface area contributed by atoms with Crippen LogP contribution >= 0.6 is 0 Å². The molecule has 1 aromatic heterocycles. The summed E-state index contributed by atoms with van der Waals surface area (Å²) in [4.78, 5) is 12.3. The van der Waals surface area contributed by atoms with Gasteiger partial charge in [0, 0.05) is 29.2 Å². The number of aromatic nitrogens is 1. The number of nitrogens with one attached hydrogen (secondary N) is 1. The van der Waals surface area contributed by atoms with Crippen LogP contribution in [0.25, 0.3) is 10.9 Å². The molecule has 0 aliphatic carbocycles. The van der Waals surface area contributed by atoms with E-state index in [1.54, 1.807) is 12.3 Å². The van der Waals surface area contributed by atoms with Gasteiger partial charge in [0.2, 0.25) is 6.10 Å². The zero-order chi connectivity index (χ0) is 18.1. The van der Waals surface area contributed by atoms with Gasteiger partial charge in [0.15, 0.2) is 11.5 Å². The first-order valence-electron chi connectivity index (χ1n) is 8.40. The zero-order valence-electron chi connectivity index (χ0n) is 14.6. The summed E-state index contributed by atoms with van der Waals surface area (Å²) >= 11 is 0. The number of rotatable bonds is 3. The number of nitrogens with zero attached hydrogens (tertiary/aromatic N) is 2. The molecule has 1 aliphatic rings. The summed E-state index contributed by atoms with van der Waals surface area (Å²) in [7, 11) is 2.01. The molecule has 1 N–H and O–H groups in total. The molecule has 132 valence electrons. The molecule has 3 aromatic rings. The Morgan fingerprint density at radius 1 is 1.19 bits per heavy atom. The van der Waals surface area contributed by atoms with Gasteiger partial charge in [0.05, 0.1) is 6.21 Å². The number of amides is 1. The average molecular weight is 349 g/mol. The van der Waals surface area contributed by atoms with E-state index in [9.17, 15) is 4.79 Å². The molecule has 0 saturated heterocycles. The fourth-order valence-corrected chi connectivity index (χ4v) is 3.09. The molecule has 1 amide bonds. The number of hydrogen-bond acceptors (Lipinski definition) is 4. The van der Waals surface area contributed by atoms with E-state index >= 15 is 0 Å². The lowest BCUT2D eigenvalue weighted by Gasteiger charge is -2.24. The second-order valence-corrected chi connectivity index (χ2v) is 6.17. The molecule has 0 unspecified atom stereocenters. The van der Waals surface area contributed by atoms with E-state index in [0.29, 0.717) is 11.5 Å². The largest absolute Gasteiger partial charge is 0.485 e. The molecular formula is C20H19N3O3. The van der Waals surface area contributed by atoms with Crippen LogP contribution in [0.5, 0.6) is 11.5 Å². The van der Waals surface area contributed by atoms with Crippen LogP contribution in [0, 0.1) is 6.92 Å². The summed E-state index contributed by atoms with van der Waals surface area (Å²) in [6, 6.07) is 15.4. The Hall–Kier alpha value is -3.28. The van der Waals surface area contributed by atoms with Crippen LogP contribution < -0.4 is 14.9 Å². The zero-order valence-corrected chi connectivity index (χ0v) is 14.6. The van der Waals surface area contributed by atoms with E-state index in [0.717, 1.165) is 22.2 Å². The number of carbonyl (C=O) groups is 1. The predicted molar refractivity (Wildman–Crippen MR) is 99.7 cm³/mol. The highest BCUT2D eigenvalue weighted by atomic mass is 16.6. The molecule has 26 heavy (non-hydrogen) atoms. The molecule has 6 heteroatoms. The summed E-state index contributed by atoms with van der Waals surface area (Å²) < 4.78 is 13.3. The second-order valence-electron chi connectivity index (χ2n) is 6.17. The van der Waals surface area contributed by atoms with Crippen LogP contribution in [-0.2, 0) is 11.8 Å². The summed E-state index contributed by atoms with van der Waals surface area (Å²) in [5.74, 6) is 0.868. The van der Waals surface area contributed by atoms with Gasteiger partial charge in [-0.2, -0.15) is 5.10 Å². The van der Waals surface area contributed by atoms with Crippen molar-refractivity contribution in [3.05, 3.63) is 59.8 Å². The summed E-state index contributed by atoms with van der Waals surface area (Å²) in [5, 5.41) is 5.22. The van der Waals surface area contributed by atoms with Gasteiger partial charge in [0.1, 0.15) is 6.61 Å². The van der Waals surface area contributed by atoms with Gasteiger partial charge in [-0.1, -0.05) is 30.3 Å². The van der Waals surface area contributed by atoms with Gasteiger partial charge in [0.25, 0.3) is 5.91 Å². The molecule has 2 heterocycles. The number of ether oxygens (including phenoxy) is 2. The molecule has 0 fully saturated rings. The maximum absolute atomic E-state index is 12.3. The number of hydrazone groups is 1. The van der Waals surface area contributed by atoms with Crippen molar-refractivity contribution in [2.24, 2.45) is 12.1 Å². The first kappa shape index (κ1) is 16.2. The first-order chi connectivity index (χ1) is 12.6. The molecule has 6 nitrogen and oxygen atoms in total. The van der Waals surface area contributed by atoms with Gasteiger partial charge >= 0.3 is 0 Å². The van der Waals surface area contributed by atoms with Crippen LogP contribution in [0.2, 0.25) is 0 Å². The third kappa shape index (κ3) is 2.79. The highest BCUT2D eigenvalue weighted by Gasteiger charge is 2.27. The van der Waals surface area contributed by atoms with Crippen LogP contribution in [0.4, 0.5) is 0 Å². The number of hydrogen-bond donors (Lipinski definition) is 1. The monoisotopic (exact) mass is 349 g/mol. The summed E-state index contributed by atoms with van der Waals surface area (Å²) in [6.07, 6.45) is 0.948. The molecule has 2 aromatic carbocycles. The smallest absolute Gasteiger partial charge is 0.284 e. The van der Waals surface area contributed by atoms with Crippen molar-refractivity contribution in [2.45, 2.75) is 13.0 Å². The van der Waals surface area contributed by atoms with Gasteiger partial charge in [-0.05, 0) is 25.1 Å². The Morgan fingerprint density at radius 2 is 1.92 bits per heavy atom. The molecule has 0 radical (unpaired) electrons. The topological polar surface area (TPSA) is 64.8 Å². The lowest BCUT2D eigenvalue weighted by Crippen LogP contribution is -2.42. The van der Waals surface area contributed by atoms with Crippen molar-refractivity contribution in [1.82, 2.24) is 9.99 Å². The molecular weight excluding hydrogens is 330 g/mol. The maximum atomic E-state index is 12.3. The number of benzene rings is 2. The molecule has 1 atom stereocenters. The van der Waals surface area contributed by atoms with Crippen molar-refractivity contribution >= 4 is 23.0 Å². The van der Waals surface area contributed by atoms with E-state index in [1.165, 1.54) is 0 Å². The Bertz CT molecular complexity index is 1010. The lowest BCUT2D eigenvalue weighted by atomic mass is 10.1. The standard InChI is InChI=1S/C20H19N3O3/c1-13-15(14-7-3-4-8-16(14)23(13)2)11-21-22-20(24)19-12-25-17-9-5-6-10-18(17)26-19/h3-11,19H,12H2,1-2H3,(H,22,24)/b21-11+/t19-/m0/s1. The fraction of sp³-hybridized carbons (Fsp3) is 0.200. The van der Waals surface area contributed by atoms with Crippen LogP contribution in [0.15, 0.2) is 53.6 Å². The lowest BCUT2D eigenvalue weighted by molar-refractivity contribution is -0.130. The average Bonchev–Trinajstić information content (AvgIpc) is 2.92. The van der Waals surface area contributed by atoms with Crippen molar-refractivity contribution in [3.8, 4) is 11.5 Å². The van der Waals surface area contributed by atoms with Crippen molar-refractivity contribution < 1.29 is 14.3 Å². The van der Waals surface area contributed by atoms with Gasteiger partial charge in [-0.25, -0.2) is 5.43 Å². The van der Waals surface area contributed by atoms with E-state index in [-0.39, 0.29) is 12.5 Å². The van der Waals surface area contributed by atoms with Crippen LogP contribution in [-0.4, -0.2) is 29.4 Å². The molecule has 4 rings (SSSR count).